The van der Waals surface area contributed by atoms with Crippen molar-refractivity contribution < 1.29 is 9.18 Å². The molecule has 1 aliphatic rings. The summed E-state index contributed by atoms with van der Waals surface area (Å²) in [5, 5.41) is 10.4. The van der Waals surface area contributed by atoms with Gasteiger partial charge in [-0.3, -0.25) is 9.79 Å². The van der Waals surface area contributed by atoms with E-state index in [2.05, 4.69) is 20.3 Å². The first-order valence-electron chi connectivity index (χ1n) is 9.86. The first kappa shape index (κ1) is 22.5. The zero-order valence-corrected chi connectivity index (χ0v) is 17.3. The second-order valence-corrected chi connectivity index (χ2v) is 8.08. The predicted molar refractivity (Wildman–Crippen MR) is 115 cm³/mol. The highest BCUT2D eigenvalue weighted by atomic mass is 19.1. The van der Waals surface area contributed by atoms with Gasteiger partial charge in [0, 0.05) is 49.2 Å². The number of hydrogen-bond donors (Lipinski definition) is 4. The Kier molecular flexibility index (Phi) is 7.87. The highest BCUT2D eigenvalue weighted by Gasteiger charge is 2.41. The molecular weight excluding hydrogens is 371 g/mol. The number of nitrogens with one attached hydrogen (secondary N) is 3. The van der Waals surface area contributed by atoms with E-state index < -0.39 is 5.67 Å². The third kappa shape index (κ3) is 7.63. The van der Waals surface area contributed by atoms with Crippen LogP contribution >= 0.6 is 0 Å². The fourth-order valence-electron chi connectivity index (χ4n) is 3.47. The zero-order chi connectivity index (χ0) is 21.4. The number of aromatic nitrogens is 2. The molecule has 0 unspecified atom stereocenters. The standard InChI is InChI=1S/C21H31FN6O/c1-14(2)27-17(4-5-23)8-18-13-25-19(28-18)6-16(11-24)12-26-20(29)7-15-9-21(3,22)10-15/h4-6,11,13-15,24H,7-10,12,23H2,1-3H3,(H,25,28)(H,26,29)/b5-4-,16-6+,24-11?,27-17?. The van der Waals surface area contributed by atoms with Crippen LogP contribution < -0.4 is 11.1 Å². The van der Waals surface area contributed by atoms with E-state index in [1.807, 2.05) is 13.8 Å². The van der Waals surface area contributed by atoms with E-state index >= 15 is 0 Å². The van der Waals surface area contributed by atoms with E-state index in [0.717, 1.165) is 11.4 Å². The summed E-state index contributed by atoms with van der Waals surface area (Å²) in [5.41, 5.74) is 6.70. The van der Waals surface area contributed by atoms with Crippen LogP contribution in [0.2, 0.25) is 0 Å². The van der Waals surface area contributed by atoms with Crippen LogP contribution in [0.4, 0.5) is 4.39 Å². The minimum atomic E-state index is -1.12. The number of hydrogen-bond acceptors (Lipinski definition) is 5. The molecule has 29 heavy (non-hydrogen) atoms. The quantitative estimate of drug-likeness (QED) is 0.450. The minimum absolute atomic E-state index is 0.106. The molecule has 1 fully saturated rings. The molecule has 1 amide bonds. The van der Waals surface area contributed by atoms with Crippen LogP contribution in [0.1, 0.15) is 51.6 Å². The Bertz CT molecular complexity index is 798. The molecular formula is C21H31FN6O. The number of amides is 1. The van der Waals surface area contributed by atoms with Gasteiger partial charge in [-0.05, 0) is 63.5 Å². The number of aromatic amines is 1. The van der Waals surface area contributed by atoms with Crippen molar-refractivity contribution in [1.29, 1.82) is 5.41 Å². The van der Waals surface area contributed by atoms with Crippen molar-refractivity contribution in [1.82, 2.24) is 15.3 Å². The fraction of sp³-hybridized carbons (Fsp3) is 0.524. The van der Waals surface area contributed by atoms with Gasteiger partial charge in [-0.15, -0.1) is 0 Å². The molecule has 5 N–H and O–H groups in total. The lowest BCUT2D eigenvalue weighted by Gasteiger charge is -2.38. The molecule has 7 nitrogen and oxygen atoms in total. The van der Waals surface area contributed by atoms with Gasteiger partial charge in [-0.2, -0.15) is 0 Å². The van der Waals surface area contributed by atoms with Gasteiger partial charge in [-0.1, -0.05) is 0 Å². The Labute approximate surface area is 171 Å². The third-order valence-electron chi connectivity index (χ3n) is 4.63. The molecule has 0 aliphatic heterocycles. The summed E-state index contributed by atoms with van der Waals surface area (Å²) < 4.78 is 13.5. The van der Waals surface area contributed by atoms with Gasteiger partial charge in [0.15, 0.2) is 0 Å². The molecule has 0 saturated heterocycles. The number of allylic oxidation sites excluding steroid dienone is 1. The maximum absolute atomic E-state index is 13.5. The second-order valence-electron chi connectivity index (χ2n) is 8.08. The molecule has 1 aliphatic carbocycles. The first-order valence-corrected chi connectivity index (χ1v) is 9.86. The number of rotatable bonds is 10. The van der Waals surface area contributed by atoms with Crippen molar-refractivity contribution in [2.45, 2.75) is 58.2 Å². The Morgan fingerprint density at radius 3 is 2.86 bits per heavy atom. The average Bonchev–Trinajstić information content (AvgIpc) is 3.03. The van der Waals surface area contributed by atoms with Crippen molar-refractivity contribution in [3.63, 3.8) is 0 Å². The van der Waals surface area contributed by atoms with Crippen LogP contribution in [-0.4, -0.2) is 46.1 Å². The SMILES string of the molecule is CC(C)N=C(/C=C\N)Cc1cnc(/C=C(\C=N)CNC(=O)CC2CC(C)(F)C2)[nH]1. The summed E-state index contributed by atoms with van der Waals surface area (Å²) >= 11 is 0. The number of nitrogens with two attached hydrogens (primary N) is 1. The van der Waals surface area contributed by atoms with Gasteiger partial charge in [0.05, 0.1) is 0 Å². The van der Waals surface area contributed by atoms with E-state index in [0.29, 0.717) is 37.1 Å². The summed E-state index contributed by atoms with van der Waals surface area (Å²) in [4.78, 5) is 24.0. The van der Waals surface area contributed by atoms with E-state index in [-0.39, 0.29) is 24.4 Å². The number of nitrogens with zero attached hydrogens (tertiary/aromatic N) is 2. The summed E-state index contributed by atoms with van der Waals surface area (Å²) in [6.07, 6.45) is 9.62. The van der Waals surface area contributed by atoms with Crippen molar-refractivity contribution in [2.75, 3.05) is 6.54 Å². The lowest BCUT2D eigenvalue weighted by Crippen LogP contribution is -2.40. The molecule has 0 radical (unpaired) electrons. The molecule has 0 spiro atoms. The summed E-state index contributed by atoms with van der Waals surface area (Å²) in [5.74, 6) is 0.580. The molecule has 0 bridgehead atoms. The fourth-order valence-corrected chi connectivity index (χ4v) is 3.47. The van der Waals surface area contributed by atoms with Gasteiger partial charge >= 0.3 is 0 Å². The van der Waals surface area contributed by atoms with Gasteiger partial charge in [-0.25, -0.2) is 9.37 Å². The van der Waals surface area contributed by atoms with Crippen LogP contribution in [0.25, 0.3) is 6.08 Å². The molecule has 0 atom stereocenters. The molecule has 1 saturated carbocycles. The molecule has 1 aromatic rings. The van der Waals surface area contributed by atoms with Crippen molar-refractivity contribution in [2.24, 2.45) is 16.6 Å². The van der Waals surface area contributed by atoms with Gasteiger partial charge < -0.3 is 21.4 Å². The molecule has 2 rings (SSSR count). The van der Waals surface area contributed by atoms with Crippen LogP contribution in [0, 0.1) is 11.3 Å². The number of carbonyl (C=O) groups is 1. The van der Waals surface area contributed by atoms with Crippen molar-refractivity contribution >= 4 is 23.9 Å². The maximum Gasteiger partial charge on any atom is 0.220 e. The van der Waals surface area contributed by atoms with Crippen LogP contribution in [0.3, 0.4) is 0 Å². The van der Waals surface area contributed by atoms with Crippen LogP contribution in [0.15, 0.2) is 29.0 Å². The monoisotopic (exact) mass is 402 g/mol. The number of H-pyrrole nitrogens is 1. The molecule has 1 aromatic heterocycles. The smallest absolute Gasteiger partial charge is 0.220 e. The minimum Gasteiger partial charge on any atom is -0.405 e. The second kappa shape index (κ2) is 10.1. The van der Waals surface area contributed by atoms with E-state index in [1.54, 1.807) is 25.3 Å². The van der Waals surface area contributed by atoms with Crippen molar-refractivity contribution in [3.05, 3.63) is 35.6 Å². The van der Waals surface area contributed by atoms with Gasteiger partial charge in [0.1, 0.15) is 11.5 Å². The number of alkyl halides is 1. The Morgan fingerprint density at radius 1 is 1.55 bits per heavy atom. The average molecular weight is 403 g/mol. The lowest BCUT2D eigenvalue weighted by atomic mass is 9.72. The third-order valence-corrected chi connectivity index (χ3v) is 4.63. The molecule has 8 heteroatoms. The molecule has 158 valence electrons. The number of aliphatic imine (C=N–C) groups is 1. The predicted octanol–water partition coefficient (Wildman–Crippen LogP) is 2.95. The Hall–Kier alpha value is -2.77. The summed E-state index contributed by atoms with van der Waals surface area (Å²) in [7, 11) is 0. The highest BCUT2D eigenvalue weighted by molar-refractivity contribution is 5.96. The van der Waals surface area contributed by atoms with E-state index in [9.17, 15) is 9.18 Å². The largest absolute Gasteiger partial charge is 0.405 e. The highest BCUT2D eigenvalue weighted by Crippen LogP contribution is 2.42. The van der Waals surface area contributed by atoms with E-state index in [4.69, 9.17) is 11.1 Å². The molecule has 1 heterocycles. The van der Waals surface area contributed by atoms with Gasteiger partial charge in [0.25, 0.3) is 0 Å². The van der Waals surface area contributed by atoms with Crippen LogP contribution in [0.5, 0.6) is 0 Å². The zero-order valence-electron chi connectivity index (χ0n) is 17.3. The maximum atomic E-state index is 13.5. The summed E-state index contributed by atoms with van der Waals surface area (Å²) in [6, 6.07) is 0.162. The summed E-state index contributed by atoms with van der Waals surface area (Å²) in [6.45, 7) is 5.79. The van der Waals surface area contributed by atoms with Crippen LogP contribution in [-0.2, 0) is 11.2 Å². The lowest BCUT2D eigenvalue weighted by molar-refractivity contribution is -0.123. The molecule has 0 aromatic carbocycles. The topological polar surface area (TPSA) is 120 Å². The first-order chi connectivity index (χ1) is 13.7. The van der Waals surface area contributed by atoms with E-state index in [1.165, 1.54) is 12.4 Å². The van der Waals surface area contributed by atoms with Gasteiger partial charge in [0.2, 0.25) is 5.91 Å². The normalized spacial score (nSPS) is 22.7. The Morgan fingerprint density at radius 2 is 2.28 bits per heavy atom. The number of carbonyl (C=O) groups excluding carboxylic acids is 1. The van der Waals surface area contributed by atoms with Crippen molar-refractivity contribution in [3.8, 4) is 0 Å². The number of halogens is 1. The Balaban J connectivity index is 1.90. The number of imidazole rings is 1.